The monoisotopic (exact) mass is 474 g/mol. The Kier molecular flexibility index (Phi) is 5.34. The highest BCUT2D eigenvalue weighted by Crippen LogP contribution is 2.41. The second-order valence-corrected chi connectivity index (χ2v) is 8.74. The third-order valence-electron chi connectivity index (χ3n) is 6.43. The van der Waals surface area contributed by atoms with Crippen molar-refractivity contribution < 1.29 is 13.9 Å². The fraction of sp³-hybridized carbons (Fsp3) is 0.100. The zero-order chi connectivity index (χ0) is 24.6. The molecule has 36 heavy (non-hydrogen) atoms. The highest BCUT2D eigenvalue weighted by molar-refractivity contribution is 6.10. The lowest BCUT2D eigenvalue weighted by Gasteiger charge is -2.25. The number of benzene rings is 3. The lowest BCUT2D eigenvalue weighted by molar-refractivity contribution is 0.0970. The van der Waals surface area contributed by atoms with Crippen molar-refractivity contribution in [1.29, 1.82) is 0 Å². The van der Waals surface area contributed by atoms with Crippen LogP contribution in [0, 0.1) is 6.92 Å². The van der Waals surface area contributed by atoms with Crippen LogP contribution in [0.3, 0.4) is 0 Å². The molecule has 0 radical (unpaired) electrons. The van der Waals surface area contributed by atoms with Gasteiger partial charge in [-0.05, 0) is 53.9 Å². The number of hydrogen-bond acceptors (Lipinski definition) is 5. The number of carbonyl (C=O) groups excluding carboxylic acids is 1. The second-order valence-electron chi connectivity index (χ2n) is 8.74. The van der Waals surface area contributed by atoms with E-state index < -0.39 is 6.04 Å². The summed E-state index contributed by atoms with van der Waals surface area (Å²) in [5.41, 5.74) is 3.15. The predicted octanol–water partition coefficient (Wildman–Crippen LogP) is 5.83. The van der Waals surface area contributed by atoms with Gasteiger partial charge in [-0.15, -0.1) is 0 Å². The van der Waals surface area contributed by atoms with E-state index in [-0.39, 0.29) is 17.1 Å². The minimum atomic E-state index is -0.676. The van der Waals surface area contributed by atoms with Crippen LogP contribution in [0.25, 0.3) is 11.0 Å². The van der Waals surface area contributed by atoms with Crippen molar-refractivity contribution in [2.24, 2.45) is 0 Å². The Morgan fingerprint density at radius 2 is 1.64 bits per heavy atom. The Morgan fingerprint density at radius 3 is 2.42 bits per heavy atom. The van der Waals surface area contributed by atoms with Gasteiger partial charge < -0.3 is 9.15 Å². The van der Waals surface area contributed by atoms with Crippen LogP contribution in [0.4, 0.5) is 5.82 Å². The quantitative estimate of drug-likeness (QED) is 0.321. The summed E-state index contributed by atoms with van der Waals surface area (Å²) in [6.45, 7) is 2.34. The topological polar surface area (TPSA) is 72.6 Å². The first-order valence-electron chi connectivity index (χ1n) is 11.7. The maximum absolute atomic E-state index is 13.7. The molecule has 2 aromatic heterocycles. The van der Waals surface area contributed by atoms with Crippen molar-refractivity contribution >= 4 is 22.7 Å². The SMILES string of the molecule is Cc1cccnc1N1C(=O)c2oc3ccccc3c(=O)c2C1c1ccc(OCc2ccccc2)cc1. The van der Waals surface area contributed by atoms with Crippen molar-refractivity contribution in [1.82, 2.24) is 4.98 Å². The van der Waals surface area contributed by atoms with Gasteiger partial charge in [-0.25, -0.2) is 4.98 Å². The fourth-order valence-corrected chi connectivity index (χ4v) is 4.67. The molecule has 0 spiro atoms. The van der Waals surface area contributed by atoms with E-state index in [9.17, 15) is 9.59 Å². The zero-order valence-corrected chi connectivity index (χ0v) is 19.5. The molecule has 1 amide bonds. The molecule has 1 atom stereocenters. The van der Waals surface area contributed by atoms with Gasteiger partial charge in [0.05, 0.1) is 17.0 Å². The summed E-state index contributed by atoms with van der Waals surface area (Å²) in [6.07, 6.45) is 1.64. The van der Waals surface area contributed by atoms with Gasteiger partial charge in [-0.3, -0.25) is 14.5 Å². The molecule has 0 fully saturated rings. The lowest BCUT2D eigenvalue weighted by atomic mass is 9.98. The van der Waals surface area contributed by atoms with Gasteiger partial charge in [0, 0.05) is 6.20 Å². The number of carbonyl (C=O) groups is 1. The van der Waals surface area contributed by atoms with Crippen LogP contribution in [-0.4, -0.2) is 10.9 Å². The van der Waals surface area contributed by atoms with Gasteiger partial charge in [0.15, 0.2) is 5.43 Å². The number of amides is 1. The van der Waals surface area contributed by atoms with Crippen LogP contribution in [0.5, 0.6) is 5.75 Å². The minimum absolute atomic E-state index is 0.0538. The summed E-state index contributed by atoms with van der Waals surface area (Å²) in [5.74, 6) is 0.854. The number of aryl methyl sites for hydroxylation is 1. The lowest BCUT2D eigenvalue weighted by Crippen LogP contribution is -2.30. The zero-order valence-electron chi connectivity index (χ0n) is 19.5. The van der Waals surface area contributed by atoms with E-state index in [1.165, 1.54) is 0 Å². The first-order valence-corrected chi connectivity index (χ1v) is 11.7. The number of anilines is 1. The van der Waals surface area contributed by atoms with E-state index in [4.69, 9.17) is 9.15 Å². The van der Waals surface area contributed by atoms with E-state index in [1.54, 1.807) is 35.4 Å². The van der Waals surface area contributed by atoms with E-state index in [0.29, 0.717) is 34.7 Å². The van der Waals surface area contributed by atoms with Crippen molar-refractivity contribution in [3.8, 4) is 5.75 Å². The third kappa shape index (κ3) is 3.64. The number of ether oxygens (including phenoxy) is 1. The van der Waals surface area contributed by atoms with Crippen molar-refractivity contribution in [2.75, 3.05) is 4.90 Å². The van der Waals surface area contributed by atoms with E-state index >= 15 is 0 Å². The number of para-hydroxylation sites is 1. The molecule has 0 aliphatic carbocycles. The Bertz CT molecular complexity index is 1640. The van der Waals surface area contributed by atoms with Gasteiger partial charge in [0.2, 0.25) is 5.76 Å². The van der Waals surface area contributed by atoms with Gasteiger partial charge >= 0.3 is 0 Å². The largest absolute Gasteiger partial charge is 0.489 e. The number of aromatic nitrogens is 1. The number of fused-ring (bicyclic) bond motifs is 2. The number of rotatable bonds is 5. The predicted molar refractivity (Wildman–Crippen MR) is 137 cm³/mol. The summed E-state index contributed by atoms with van der Waals surface area (Å²) in [7, 11) is 0. The molecular weight excluding hydrogens is 452 g/mol. The Morgan fingerprint density at radius 1 is 0.889 bits per heavy atom. The number of pyridine rings is 1. The molecule has 6 nitrogen and oxygen atoms in total. The summed E-state index contributed by atoms with van der Waals surface area (Å²) >= 11 is 0. The summed E-state index contributed by atoms with van der Waals surface area (Å²) in [6, 6.07) is 27.4. The average molecular weight is 475 g/mol. The molecule has 0 bridgehead atoms. The van der Waals surface area contributed by atoms with Crippen LogP contribution in [0.1, 0.15) is 38.9 Å². The Hall–Kier alpha value is -4.71. The number of hydrogen-bond donors (Lipinski definition) is 0. The molecule has 0 saturated carbocycles. The van der Waals surface area contributed by atoms with Crippen LogP contribution in [0.15, 0.2) is 106 Å². The highest BCUT2D eigenvalue weighted by atomic mass is 16.5. The first kappa shape index (κ1) is 21.8. The molecule has 6 heteroatoms. The van der Waals surface area contributed by atoms with Crippen molar-refractivity contribution in [3.63, 3.8) is 0 Å². The molecule has 176 valence electrons. The fourth-order valence-electron chi connectivity index (χ4n) is 4.67. The van der Waals surface area contributed by atoms with Crippen LogP contribution >= 0.6 is 0 Å². The van der Waals surface area contributed by atoms with Crippen LogP contribution in [-0.2, 0) is 6.61 Å². The maximum Gasteiger partial charge on any atom is 0.296 e. The molecule has 1 aliphatic rings. The van der Waals surface area contributed by atoms with Crippen molar-refractivity contribution in [3.05, 3.63) is 135 Å². The highest BCUT2D eigenvalue weighted by Gasteiger charge is 2.44. The van der Waals surface area contributed by atoms with Gasteiger partial charge in [-0.1, -0.05) is 60.7 Å². The van der Waals surface area contributed by atoms with Crippen LogP contribution < -0.4 is 15.1 Å². The Labute approximate surface area is 207 Å². The first-order chi connectivity index (χ1) is 17.6. The molecule has 5 aromatic rings. The van der Waals surface area contributed by atoms with Crippen molar-refractivity contribution in [2.45, 2.75) is 19.6 Å². The molecule has 3 aromatic carbocycles. The van der Waals surface area contributed by atoms with Gasteiger partial charge in [0.1, 0.15) is 23.8 Å². The van der Waals surface area contributed by atoms with E-state index in [0.717, 1.165) is 16.7 Å². The molecule has 1 aliphatic heterocycles. The third-order valence-corrected chi connectivity index (χ3v) is 6.43. The normalized spacial score (nSPS) is 14.8. The van der Waals surface area contributed by atoms with E-state index in [1.807, 2.05) is 73.7 Å². The summed E-state index contributed by atoms with van der Waals surface area (Å²) < 4.78 is 11.9. The van der Waals surface area contributed by atoms with Crippen LogP contribution in [0.2, 0.25) is 0 Å². The van der Waals surface area contributed by atoms with E-state index in [2.05, 4.69) is 4.98 Å². The molecule has 0 saturated heterocycles. The summed E-state index contributed by atoms with van der Waals surface area (Å²) in [4.78, 5) is 33.4. The van der Waals surface area contributed by atoms with Gasteiger partial charge in [0.25, 0.3) is 5.91 Å². The second kappa shape index (κ2) is 8.82. The molecule has 0 N–H and O–H groups in total. The molecule has 6 rings (SSSR count). The molecule has 1 unspecified atom stereocenters. The molecule has 3 heterocycles. The smallest absolute Gasteiger partial charge is 0.296 e. The average Bonchev–Trinajstić information content (AvgIpc) is 3.21. The maximum atomic E-state index is 13.7. The molecular formula is C30H22N2O4. The summed E-state index contributed by atoms with van der Waals surface area (Å²) in [5, 5.41) is 0.441. The minimum Gasteiger partial charge on any atom is -0.489 e. The van der Waals surface area contributed by atoms with Gasteiger partial charge in [-0.2, -0.15) is 0 Å². The number of nitrogens with zero attached hydrogens (tertiary/aromatic N) is 2. The standard InChI is InChI=1S/C30H22N2O4/c1-19-8-7-17-31-29(19)32-26(21-13-15-22(16-14-21)35-18-20-9-3-2-4-10-20)25-27(33)23-11-5-6-12-24(23)36-28(25)30(32)34/h2-17,26H,18H2,1H3. The Balaban J connectivity index is 1.45.